The van der Waals surface area contributed by atoms with Gasteiger partial charge in [-0.25, -0.2) is 0 Å². The van der Waals surface area contributed by atoms with Crippen LogP contribution >= 0.6 is 0 Å². The molecule has 1 aromatic heterocycles. The lowest BCUT2D eigenvalue weighted by atomic mass is 10.4. The number of nitrogens with one attached hydrogen (secondary N) is 1. The number of hydrogen-bond acceptors (Lipinski definition) is 2. The number of nitrogens with zero attached hydrogens (tertiary/aromatic N) is 2. The second-order valence-corrected chi connectivity index (χ2v) is 4.00. The summed E-state index contributed by atoms with van der Waals surface area (Å²) in [4.78, 5) is 2.46. The monoisotopic (exact) mass is 223 g/mol. The summed E-state index contributed by atoms with van der Waals surface area (Å²) in [5.41, 5.74) is 1.38. The zero-order chi connectivity index (χ0) is 11.8. The van der Waals surface area contributed by atoms with E-state index >= 15 is 0 Å². The standard InChI is InChI=1S/C13H25N3/c1-4-14-12-13-8-7-9-16(13)11-10-15(5-2)6-3/h7-9,14H,4-6,10-12H2,1-3H3. The lowest BCUT2D eigenvalue weighted by Gasteiger charge is -2.19. The molecule has 0 saturated carbocycles. The van der Waals surface area contributed by atoms with Gasteiger partial charge in [0.05, 0.1) is 0 Å². The van der Waals surface area contributed by atoms with Crippen LogP contribution in [-0.4, -0.2) is 35.6 Å². The molecule has 1 aromatic rings. The highest BCUT2D eigenvalue weighted by atomic mass is 15.1. The van der Waals surface area contributed by atoms with Crippen LogP contribution < -0.4 is 5.32 Å². The van der Waals surface area contributed by atoms with Crippen LogP contribution in [0.5, 0.6) is 0 Å². The number of aromatic nitrogens is 1. The normalized spacial score (nSPS) is 11.2. The van der Waals surface area contributed by atoms with E-state index in [9.17, 15) is 0 Å². The van der Waals surface area contributed by atoms with Crippen molar-refractivity contribution in [1.29, 1.82) is 0 Å². The highest BCUT2D eigenvalue weighted by molar-refractivity contribution is 5.06. The molecule has 0 fully saturated rings. The highest BCUT2D eigenvalue weighted by Crippen LogP contribution is 2.02. The van der Waals surface area contributed by atoms with E-state index in [1.54, 1.807) is 0 Å². The van der Waals surface area contributed by atoms with Gasteiger partial charge in [0, 0.05) is 31.5 Å². The molecule has 0 unspecified atom stereocenters. The van der Waals surface area contributed by atoms with E-state index in [-0.39, 0.29) is 0 Å². The SMILES string of the molecule is CCNCc1cccn1CCN(CC)CC. The van der Waals surface area contributed by atoms with E-state index in [1.807, 2.05) is 0 Å². The molecule has 0 saturated heterocycles. The van der Waals surface area contributed by atoms with Crippen molar-refractivity contribution in [3.63, 3.8) is 0 Å². The van der Waals surface area contributed by atoms with Crippen molar-refractivity contribution in [3.05, 3.63) is 24.0 Å². The Morgan fingerprint density at radius 1 is 1.25 bits per heavy atom. The molecule has 92 valence electrons. The lowest BCUT2D eigenvalue weighted by Crippen LogP contribution is -2.27. The zero-order valence-corrected chi connectivity index (χ0v) is 10.9. The maximum Gasteiger partial charge on any atom is 0.0359 e. The molecular formula is C13H25N3. The third-order valence-corrected chi connectivity index (χ3v) is 3.03. The molecule has 0 aromatic carbocycles. The topological polar surface area (TPSA) is 20.2 Å². The van der Waals surface area contributed by atoms with E-state index in [1.165, 1.54) is 5.69 Å². The van der Waals surface area contributed by atoms with Crippen LogP contribution in [0.2, 0.25) is 0 Å². The Hall–Kier alpha value is -0.800. The van der Waals surface area contributed by atoms with Gasteiger partial charge in [-0.2, -0.15) is 0 Å². The molecule has 0 aliphatic carbocycles. The first-order valence-electron chi connectivity index (χ1n) is 6.38. The smallest absolute Gasteiger partial charge is 0.0359 e. The van der Waals surface area contributed by atoms with Crippen LogP contribution in [0.4, 0.5) is 0 Å². The molecule has 1 heterocycles. The summed E-state index contributed by atoms with van der Waals surface area (Å²) >= 11 is 0. The molecule has 3 heteroatoms. The lowest BCUT2D eigenvalue weighted by molar-refractivity contribution is 0.289. The van der Waals surface area contributed by atoms with Crippen molar-refractivity contribution in [2.45, 2.75) is 33.9 Å². The van der Waals surface area contributed by atoms with Gasteiger partial charge in [0.1, 0.15) is 0 Å². The fourth-order valence-corrected chi connectivity index (χ4v) is 1.87. The Kier molecular flexibility index (Phi) is 6.19. The van der Waals surface area contributed by atoms with Crippen LogP contribution in [0.1, 0.15) is 26.5 Å². The molecule has 0 spiro atoms. The summed E-state index contributed by atoms with van der Waals surface area (Å²) in [6.07, 6.45) is 2.18. The largest absolute Gasteiger partial charge is 0.349 e. The Balaban J connectivity index is 2.43. The molecule has 0 atom stereocenters. The zero-order valence-electron chi connectivity index (χ0n) is 10.9. The Bertz CT molecular complexity index is 276. The minimum absolute atomic E-state index is 0.974. The van der Waals surface area contributed by atoms with E-state index in [2.05, 4.69) is 53.9 Å². The summed E-state index contributed by atoms with van der Waals surface area (Å²) in [6.45, 7) is 13.1. The maximum absolute atomic E-state index is 3.37. The third kappa shape index (κ3) is 3.99. The van der Waals surface area contributed by atoms with Crippen LogP contribution in [0, 0.1) is 0 Å². The van der Waals surface area contributed by atoms with Gasteiger partial charge < -0.3 is 14.8 Å². The first-order valence-corrected chi connectivity index (χ1v) is 6.38. The minimum atomic E-state index is 0.974. The molecule has 3 nitrogen and oxygen atoms in total. The van der Waals surface area contributed by atoms with Crippen molar-refractivity contribution in [2.75, 3.05) is 26.2 Å². The van der Waals surface area contributed by atoms with E-state index < -0.39 is 0 Å². The van der Waals surface area contributed by atoms with Crippen molar-refractivity contribution >= 4 is 0 Å². The van der Waals surface area contributed by atoms with Gasteiger partial charge in [0.25, 0.3) is 0 Å². The molecule has 1 N–H and O–H groups in total. The van der Waals surface area contributed by atoms with Gasteiger partial charge in [0.2, 0.25) is 0 Å². The number of likely N-dealkylation sites (N-methyl/N-ethyl adjacent to an activating group) is 1. The van der Waals surface area contributed by atoms with E-state index in [4.69, 9.17) is 0 Å². The summed E-state index contributed by atoms with van der Waals surface area (Å²) < 4.78 is 2.35. The molecular weight excluding hydrogens is 198 g/mol. The average molecular weight is 223 g/mol. The van der Waals surface area contributed by atoms with Crippen molar-refractivity contribution in [2.24, 2.45) is 0 Å². The third-order valence-electron chi connectivity index (χ3n) is 3.03. The van der Waals surface area contributed by atoms with Crippen molar-refractivity contribution < 1.29 is 0 Å². The maximum atomic E-state index is 3.37. The van der Waals surface area contributed by atoms with Crippen LogP contribution in [0.3, 0.4) is 0 Å². The first kappa shape index (κ1) is 13.3. The molecule has 1 rings (SSSR count). The van der Waals surface area contributed by atoms with Crippen molar-refractivity contribution in [1.82, 2.24) is 14.8 Å². The van der Waals surface area contributed by atoms with Gasteiger partial charge >= 0.3 is 0 Å². The second kappa shape index (κ2) is 7.47. The van der Waals surface area contributed by atoms with E-state index in [0.29, 0.717) is 0 Å². The Labute approximate surface area is 99.4 Å². The summed E-state index contributed by atoms with van der Waals surface area (Å²) in [6, 6.07) is 4.33. The quantitative estimate of drug-likeness (QED) is 0.727. The fourth-order valence-electron chi connectivity index (χ4n) is 1.87. The minimum Gasteiger partial charge on any atom is -0.349 e. The number of hydrogen-bond donors (Lipinski definition) is 1. The Morgan fingerprint density at radius 3 is 2.62 bits per heavy atom. The summed E-state index contributed by atoms with van der Waals surface area (Å²) in [7, 11) is 0. The van der Waals surface area contributed by atoms with Gasteiger partial charge in [-0.3, -0.25) is 0 Å². The van der Waals surface area contributed by atoms with Crippen molar-refractivity contribution in [3.8, 4) is 0 Å². The molecule has 16 heavy (non-hydrogen) atoms. The predicted molar refractivity (Wildman–Crippen MR) is 69.6 cm³/mol. The highest BCUT2D eigenvalue weighted by Gasteiger charge is 2.02. The van der Waals surface area contributed by atoms with Gasteiger partial charge in [0.15, 0.2) is 0 Å². The molecule has 0 aliphatic rings. The predicted octanol–water partition coefficient (Wildman–Crippen LogP) is 1.94. The number of rotatable bonds is 8. The summed E-state index contributed by atoms with van der Waals surface area (Å²) in [5.74, 6) is 0. The van der Waals surface area contributed by atoms with Crippen LogP contribution in [0.15, 0.2) is 18.3 Å². The average Bonchev–Trinajstić information content (AvgIpc) is 2.75. The molecule has 0 radical (unpaired) electrons. The van der Waals surface area contributed by atoms with Crippen LogP contribution in [-0.2, 0) is 13.1 Å². The first-order chi connectivity index (χ1) is 7.81. The fraction of sp³-hybridized carbons (Fsp3) is 0.692. The Morgan fingerprint density at radius 2 is 2.00 bits per heavy atom. The van der Waals surface area contributed by atoms with Gasteiger partial charge in [-0.05, 0) is 31.8 Å². The van der Waals surface area contributed by atoms with Gasteiger partial charge in [-0.1, -0.05) is 20.8 Å². The van der Waals surface area contributed by atoms with Gasteiger partial charge in [-0.15, -0.1) is 0 Å². The van der Waals surface area contributed by atoms with Crippen LogP contribution in [0.25, 0.3) is 0 Å². The molecule has 0 aliphatic heterocycles. The molecule has 0 amide bonds. The second-order valence-electron chi connectivity index (χ2n) is 4.00. The molecule has 0 bridgehead atoms. The summed E-state index contributed by atoms with van der Waals surface area (Å²) in [5, 5.41) is 3.37. The van der Waals surface area contributed by atoms with E-state index in [0.717, 1.165) is 39.3 Å².